The van der Waals surface area contributed by atoms with Crippen LogP contribution in [0.4, 0.5) is 0 Å². The lowest BCUT2D eigenvalue weighted by molar-refractivity contribution is -0.136. The maximum Gasteiger partial charge on any atom is 0.339 e. The zero-order valence-corrected chi connectivity index (χ0v) is 10.1. The zero-order chi connectivity index (χ0) is 13.7. The van der Waals surface area contributed by atoms with E-state index < -0.39 is 11.9 Å². The summed E-state index contributed by atoms with van der Waals surface area (Å²) < 4.78 is 10.0. The Hall–Kier alpha value is -2.24. The first kappa shape index (κ1) is 13.8. The molecule has 0 fully saturated rings. The first-order valence-corrected chi connectivity index (χ1v) is 5.20. The molecule has 1 aromatic carbocycles. The Morgan fingerprint density at radius 1 is 1.11 bits per heavy atom. The Morgan fingerprint density at radius 2 is 1.67 bits per heavy atom. The minimum absolute atomic E-state index is 0.0573. The van der Waals surface area contributed by atoms with E-state index in [1.807, 2.05) is 0 Å². The van der Waals surface area contributed by atoms with Gasteiger partial charge < -0.3 is 19.7 Å². The van der Waals surface area contributed by atoms with Crippen LogP contribution in [0.15, 0.2) is 12.1 Å². The maximum atomic E-state index is 11.2. The van der Waals surface area contributed by atoms with Crippen molar-refractivity contribution in [3.8, 4) is 11.5 Å². The molecule has 6 nitrogen and oxygen atoms in total. The molecule has 0 heterocycles. The van der Waals surface area contributed by atoms with Crippen molar-refractivity contribution < 1.29 is 29.3 Å². The normalized spacial score (nSPS) is 9.89. The predicted octanol–water partition coefficient (Wildman–Crippen LogP) is 1.42. The van der Waals surface area contributed by atoms with Crippen LogP contribution >= 0.6 is 0 Å². The molecular formula is C12H14O6. The highest BCUT2D eigenvalue weighted by atomic mass is 16.5. The Balaban J connectivity index is 3.30. The summed E-state index contributed by atoms with van der Waals surface area (Å²) >= 11 is 0. The second-order valence-electron chi connectivity index (χ2n) is 3.52. The lowest BCUT2D eigenvalue weighted by atomic mass is 10.0. The average Bonchev–Trinajstić information content (AvgIpc) is 2.34. The number of carboxylic acids is 2. The van der Waals surface area contributed by atoms with E-state index in [1.165, 1.54) is 20.3 Å². The third-order valence-corrected chi connectivity index (χ3v) is 2.47. The second-order valence-corrected chi connectivity index (χ2v) is 3.52. The SMILES string of the molecule is COc1ccc(OC)c(C(=O)O)c1CCC(=O)O. The van der Waals surface area contributed by atoms with Gasteiger partial charge in [-0.3, -0.25) is 4.79 Å². The van der Waals surface area contributed by atoms with E-state index in [1.54, 1.807) is 6.07 Å². The Bertz CT molecular complexity index is 466. The topological polar surface area (TPSA) is 93.1 Å². The van der Waals surface area contributed by atoms with Gasteiger partial charge >= 0.3 is 11.9 Å². The number of benzene rings is 1. The summed E-state index contributed by atoms with van der Waals surface area (Å²) in [6.07, 6.45) is -0.110. The zero-order valence-electron chi connectivity index (χ0n) is 10.1. The molecule has 6 heteroatoms. The number of carbonyl (C=O) groups is 2. The summed E-state index contributed by atoms with van der Waals surface area (Å²) in [6.45, 7) is 0. The molecule has 0 aliphatic rings. The molecule has 0 aromatic heterocycles. The van der Waals surface area contributed by atoms with Crippen LogP contribution in [0.5, 0.6) is 11.5 Å². The highest BCUT2D eigenvalue weighted by Gasteiger charge is 2.21. The lowest BCUT2D eigenvalue weighted by Crippen LogP contribution is -2.09. The smallest absolute Gasteiger partial charge is 0.339 e. The van der Waals surface area contributed by atoms with Crippen LogP contribution in [0.25, 0.3) is 0 Å². The molecule has 2 N–H and O–H groups in total. The van der Waals surface area contributed by atoms with Gasteiger partial charge in [0.15, 0.2) is 0 Å². The van der Waals surface area contributed by atoms with Crippen LogP contribution in [-0.4, -0.2) is 36.4 Å². The minimum Gasteiger partial charge on any atom is -0.496 e. The van der Waals surface area contributed by atoms with Gasteiger partial charge in [-0.1, -0.05) is 0 Å². The van der Waals surface area contributed by atoms with Crippen LogP contribution < -0.4 is 9.47 Å². The highest BCUT2D eigenvalue weighted by molar-refractivity contribution is 5.93. The fraction of sp³-hybridized carbons (Fsp3) is 0.333. The van der Waals surface area contributed by atoms with Crippen molar-refractivity contribution in [2.75, 3.05) is 14.2 Å². The first-order valence-electron chi connectivity index (χ1n) is 5.20. The Labute approximate surface area is 104 Å². The fourth-order valence-corrected chi connectivity index (χ4v) is 1.68. The maximum absolute atomic E-state index is 11.2. The quantitative estimate of drug-likeness (QED) is 0.797. The molecule has 0 aliphatic carbocycles. The molecule has 0 unspecified atom stereocenters. The van der Waals surface area contributed by atoms with Crippen molar-refractivity contribution in [3.63, 3.8) is 0 Å². The molecule has 0 saturated carbocycles. The Morgan fingerprint density at radius 3 is 2.11 bits per heavy atom. The van der Waals surface area contributed by atoms with Gasteiger partial charge in [0.2, 0.25) is 0 Å². The second kappa shape index (κ2) is 5.90. The summed E-state index contributed by atoms with van der Waals surface area (Å²) in [5.74, 6) is -1.65. The van der Waals surface area contributed by atoms with Crippen molar-refractivity contribution in [2.24, 2.45) is 0 Å². The third kappa shape index (κ3) is 2.91. The first-order chi connectivity index (χ1) is 8.51. The summed E-state index contributed by atoms with van der Waals surface area (Å²) in [6, 6.07) is 3.04. The number of hydrogen-bond donors (Lipinski definition) is 2. The van der Waals surface area contributed by atoms with Crippen LogP contribution in [0, 0.1) is 0 Å². The number of carboxylic acid groups (broad SMARTS) is 2. The third-order valence-electron chi connectivity index (χ3n) is 2.47. The van der Waals surface area contributed by atoms with E-state index in [4.69, 9.17) is 14.6 Å². The highest BCUT2D eigenvalue weighted by Crippen LogP contribution is 2.31. The van der Waals surface area contributed by atoms with E-state index in [0.717, 1.165) is 0 Å². The number of hydrogen-bond acceptors (Lipinski definition) is 4. The minimum atomic E-state index is -1.17. The summed E-state index contributed by atoms with van der Waals surface area (Å²) in [5.41, 5.74) is 0.268. The molecule has 0 spiro atoms. The van der Waals surface area contributed by atoms with E-state index in [0.29, 0.717) is 11.3 Å². The summed E-state index contributed by atoms with van der Waals surface area (Å²) in [5, 5.41) is 17.9. The number of methoxy groups -OCH3 is 2. The van der Waals surface area contributed by atoms with Crippen molar-refractivity contribution in [2.45, 2.75) is 12.8 Å². The van der Waals surface area contributed by atoms with Gasteiger partial charge in [-0.2, -0.15) is 0 Å². The fourth-order valence-electron chi connectivity index (χ4n) is 1.68. The van der Waals surface area contributed by atoms with Gasteiger partial charge in [0.25, 0.3) is 0 Å². The molecule has 0 atom stereocenters. The van der Waals surface area contributed by atoms with Gasteiger partial charge in [0, 0.05) is 12.0 Å². The monoisotopic (exact) mass is 254 g/mol. The molecule has 0 saturated heterocycles. The molecule has 1 aromatic rings. The molecule has 98 valence electrons. The van der Waals surface area contributed by atoms with Crippen molar-refractivity contribution in [1.82, 2.24) is 0 Å². The largest absolute Gasteiger partial charge is 0.496 e. The summed E-state index contributed by atoms with van der Waals surface area (Å²) in [7, 11) is 2.76. The van der Waals surface area contributed by atoms with Crippen molar-refractivity contribution >= 4 is 11.9 Å². The van der Waals surface area contributed by atoms with Gasteiger partial charge in [-0.15, -0.1) is 0 Å². The lowest BCUT2D eigenvalue weighted by Gasteiger charge is -2.14. The summed E-state index contributed by atoms with van der Waals surface area (Å²) in [4.78, 5) is 21.8. The van der Waals surface area contributed by atoms with Crippen molar-refractivity contribution in [1.29, 1.82) is 0 Å². The van der Waals surface area contributed by atoms with Gasteiger partial charge in [0.1, 0.15) is 17.1 Å². The van der Waals surface area contributed by atoms with E-state index in [9.17, 15) is 14.7 Å². The molecule has 1 rings (SSSR count). The molecule has 0 aliphatic heterocycles. The average molecular weight is 254 g/mol. The standard InChI is InChI=1S/C12H14O6/c1-17-8-4-5-9(18-2)11(12(15)16)7(8)3-6-10(13)14/h4-5H,3,6H2,1-2H3,(H,13,14)(H,15,16). The number of aromatic carboxylic acids is 1. The molecular weight excluding hydrogens is 240 g/mol. The van der Waals surface area contributed by atoms with Crippen LogP contribution in [0.1, 0.15) is 22.3 Å². The predicted molar refractivity (Wildman–Crippen MR) is 62.5 cm³/mol. The van der Waals surface area contributed by atoms with Gasteiger partial charge in [-0.05, 0) is 18.6 Å². The Kier molecular flexibility index (Phi) is 4.53. The molecule has 0 radical (unpaired) electrons. The molecule has 18 heavy (non-hydrogen) atoms. The van der Waals surface area contributed by atoms with E-state index in [-0.39, 0.29) is 24.2 Å². The van der Waals surface area contributed by atoms with E-state index in [2.05, 4.69) is 0 Å². The molecule has 0 bridgehead atoms. The van der Waals surface area contributed by atoms with Crippen LogP contribution in [0.3, 0.4) is 0 Å². The van der Waals surface area contributed by atoms with Gasteiger partial charge in [0.05, 0.1) is 14.2 Å². The number of aliphatic carboxylic acids is 1. The number of rotatable bonds is 6. The van der Waals surface area contributed by atoms with Crippen LogP contribution in [-0.2, 0) is 11.2 Å². The van der Waals surface area contributed by atoms with Gasteiger partial charge in [-0.25, -0.2) is 4.79 Å². The number of ether oxygens (including phenoxy) is 2. The van der Waals surface area contributed by atoms with Crippen molar-refractivity contribution in [3.05, 3.63) is 23.3 Å². The molecule has 0 amide bonds. The van der Waals surface area contributed by atoms with E-state index >= 15 is 0 Å². The van der Waals surface area contributed by atoms with Crippen LogP contribution in [0.2, 0.25) is 0 Å².